The first kappa shape index (κ1) is 10.5. The molecule has 0 aromatic heterocycles. The van der Waals surface area contributed by atoms with Crippen LogP contribution in [0.4, 0.5) is 0 Å². The summed E-state index contributed by atoms with van der Waals surface area (Å²) in [5, 5.41) is 0. The average molecular weight is 224 g/mol. The van der Waals surface area contributed by atoms with Crippen LogP contribution in [0, 0.1) is 5.92 Å². The van der Waals surface area contributed by atoms with E-state index in [0.717, 1.165) is 32.6 Å². The zero-order valence-corrected chi connectivity index (χ0v) is 9.89. The van der Waals surface area contributed by atoms with Gasteiger partial charge in [-0.15, -0.1) is 0 Å². The maximum absolute atomic E-state index is 11.3. The van der Waals surface area contributed by atoms with E-state index in [9.17, 15) is 4.79 Å². The van der Waals surface area contributed by atoms with E-state index in [1.807, 2.05) is 0 Å². The molecular weight excluding hydrogens is 204 g/mol. The normalized spacial score (nSPS) is 41.1. The van der Waals surface area contributed by atoms with E-state index < -0.39 is 0 Å². The van der Waals surface area contributed by atoms with E-state index in [-0.39, 0.29) is 12.1 Å². The van der Waals surface area contributed by atoms with Gasteiger partial charge in [0.2, 0.25) is 0 Å². The third kappa shape index (κ3) is 1.74. The van der Waals surface area contributed by atoms with E-state index >= 15 is 0 Å². The summed E-state index contributed by atoms with van der Waals surface area (Å²) in [6.07, 6.45) is 3.18. The molecule has 3 unspecified atom stereocenters. The van der Waals surface area contributed by atoms with Crippen molar-refractivity contribution in [2.45, 2.75) is 31.4 Å². The first-order valence-corrected chi connectivity index (χ1v) is 6.36. The summed E-state index contributed by atoms with van der Waals surface area (Å²) < 4.78 is 5.35. The van der Waals surface area contributed by atoms with Crippen molar-refractivity contribution in [2.24, 2.45) is 5.92 Å². The Bertz CT molecular complexity index is 287. The summed E-state index contributed by atoms with van der Waals surface area (Å²) >= 11 is 0. The average Bonchev–Trinajstić information content (AvgIpc) is 2.78. The molecule has 2 saturated heterocycles. The molecule has 90 valence electrons. The number of carbonyl (C=O) groups excluding carboxylic acids is 1. The van der Waals surface area contributed by atoms with Gasteiger partial charge in [-0.2, -0.15) is 0 Å². The number of hydrogen-bond acceptors (Lipinski definition) is 4. The zero-order valence-electron chi connectivity index (χ0n) is 9.89. The van der Waals surface area contributed by atoms with E-state index in [0.29, 0.717) is 18.4 Å². The molecule has 1 saturated carbocycles. The Kier molecular flexibility index (Phi) is 2.64. The Balaban J connectivity index is 1.65. The Morgan fingerprint density at radius 3 is 2.69 bits per heavy atom. The number of piperazine rings is 1. The van der Waals surface area contributed by atoms with Gasteiger partial charge in [0.25, 0.3) is 0 Å². The lowest BCUT2D eigenvalue weighted by atomic mass is 9.98. The number of fused-ring (bicyclic) bond motifs is 1. The van der Waals surface area contributed by atoms with E-state index in [4.69, 9.17) is 4.74 Å². The molecule has 0 N–H and O–H groups in total. The van der Waals surface area contributed by atoms with Crippen molar-refractivity contribution in [2.75, 3.05) is 33.2 Å². The van der Waals surface area contributed by atoms with Gasteiger partial charge in [-0.05, 0) is 19.9 Å². The summed E-state index contributed by atoms with van der Waals surface area (Å²) in [6.45, 7) is 4.61. The molecule has 4 nitrogen and oxygen atoms in total. The molecule has 0 radical (unpaired) electrons. The smallest absolute Gasteiger partial charge is 0.306 e. The molecular formula is C12H20N2O2. The molecule has 3 aliphatic rings. The van der Waals surface area contributed by atoms with Gasteiger partial charge in [-0.1, -0.05) is 0 Å². The van der Waals surface area contributed by atoms with Crippen molar-refractivity contribution in [1.29, 1.82) is 0 Å². The predicted molar refractivity (Wildman–Crippen MR) is 60.1 cm³/mol. The first-order valence-electron chi connectivity index (χ1n) is 6.36. The van der Waals surface area contributed by atoms with Crippen LogP contribution < -0.4 is 0 Å². The van der Waals surface area contributed by atoms with Gasteiger partial charge in [0, 0.05) is 38.1 Å². The lowest BCUT2D eigenvalue weighted by Gasteiger charge is -2.38. The zero-order chi connectivity index (χ0) is 11.1. The summed E-state index contributed by atoms with van der Waals surface area (Å²) in [6, 6.07) is 0.602. The topological polar surface area (TPSA) is 32.8 Å². The highest BCUT2D eigenvalue weighted by atomic mass is 16.6. The summed E-state index contributed by atoms with van der Waals surface area (Å²) in [5.41, 5.74) is 0. The van der Waals surface area contributed by atoms with Crippen LogP contribution in [0.25, 0.3) is 0 Å². The maximum atomic E-state index is 11.3. The van der Waals surface area contributed by atoms with Crippen LogP contribution in [0.15, 0.2) is 0 Å². The Labute approximate surface area is 96.5 Å². The van der Waals surface area contributed by atoms with Gasteiger partial charge >= 0.3 is 5.97 Å². The molecule has 2 heterocycles. The molecule has 16 heavy (non-hydrogen) atoms. The van der Waals surface area contributed by atoms with Crippen molar-refractivity contribution in [3.63, 3.8) is 0 Å². The third-order valence-corrected chi connectivity index (χ3v) is 4.41. The predicted octanol–water partition coefficient (Wildman–Crippen LogP) is 0.328. The fraction of sp³-hybridized carbons (Fsp3) is 0.917. The summed E-state index contributed by atoms with van der Waals surface area (Å²) in [4.78, 5) is 16.2. The molecule has 3 rings (SSSR count). The van der Waals surface area contributed by atoms with Crippen LogP contribution in [0.2, 0.25) is 0 Å². The maximum Gasteiger partial charge on any atom is 0.306 e. The van der Waals surface area contributed by atoms with Crippen LogP contribution in [-0.4, -0.2) is 61.1 Å². The largest absolute Gasteiger partial charge is 0.462 e. The molecule has 4 heteroatoms. The molecule has 0 aromatic carbocycles. The van der Waals surface area contributed by atoms with Gasteiger partial charge in [-0.3, -0.25) is 9.69 Å². The highest BCUT2D eigenvalue weighted by Gasteiger charge is 2.46. The van der Waals surface area contributed by atoms with Crippen molar-refractivity contribution < 1.29 is 9.53 Å². The second-order valence-corrected chi connectivity index (χ2v) is 5.38. The van der Waals surface area contributed by atoms with Crippen molar-refractivity contribution in [3.05, 3.63) is 0 Å². The number of carbonyl (C=O) groups is 1. The fourth-order valence-corrected chi connectivity index (χ4v) is 3.44. The third-order valence-electron chi connectivity index (χ3n) is 4.41. The standard InChI is InChI=1S/C12H20N2O2/c1-13-4-6-14(7-5-13)10-2-3-11-9(10)8-12(15)16-11/h9-11H,2-8H2,1H3. The number of nitrogens with zero attached hydrogens (tertiary/aromatic N) is 2. The highest BCUT2D eigenvalue weighted by Crippen LogP contribution is 2.39. The molecule has 0 bridgehead atoms. The minimum atomic E-state index is 0.0221. The number of likely N-dealkylation sites (N-methyl/N-ethyl adjacent to an activating group) is 1. The molecule has 0 spiro atoms. The number of ether oxygens (including phenoxy) is 1. The van der Waals surface area contributed by atoms with Gasteiger partial charge in [0.1, 0.15) is 6.10 Å². The van der Waals surface area contributed by atoms with Crippen LogP contribution in [0.3, 0.4) is 0 Å². The molecule has 2 aliphatic heterocycles. The lowest BCUT2D eigenvalue weighted by molar-refractivity contribution is -0.141. The van der Waals surface area contributed by atoms with Crippen molar-refractivity contribution in [3.8, 4) is 0 Å². The van der Waals surface area contributed by atoms with Crippen LogP contribution >= 0.6 is 0 Å². The second-order valence-electron chi connectivity index (χ2n) is 5.38. The minimum Gasteiger partial charge on any atom is -0.462 e. The molecule has 3 atom stereocenters. The van der Waals surface area contributed by atoms with Gasteiger partial charge in [-0.25, -0.2) is 0 Å². The Morgan fingerprint density at radius 1 is 1.19 bits per heavy atom. The van der Waals surface area contributed by atoms with E-state index in [1.54, 1.807) is 0 Å². The van der Waals surface area contributed by atoms with Gasteiger partial charge in [0.05, 0.1) is 6.42 Å². The Hall–Kier alpha value is -0.610. The van der Waals surface area contributed by atoms with Crippen molar-refractivity contribution in [1.82, 2.24) is 9.80 Å². The van der Waals surface area contributed by atoms with E-state index in [2.05, 4.69) is 16.8 Å². The number of hydrogen-bond donors (Lipinski definition) is 0. The molecule has 3 fully saturated rings. The van der Waals surface area contributed by atoms with Crippen molar-refractivity contribution >= 4 is 5.97 Å². The molecule has 0 aromatic rings. The van der Waals surface area contributed by atoms with E-state index in [1.165, 1.54) is 6.42 Å². The van der Waals surface area contributed by atoms with Crippen LogP contribution in [0.5, 0.6) is 0 Å². The monoisotopic (exact) mass is 224 g/mol. The Morgan fingerprint density at radius 2 is 1.94 bits per heavy atom. The highest BCUT2D eigenvalue weighted by molar-refractivity contribution is 5.72. The quantitative estimate of drug-likeness (QED) is 0.601. The molecule has 0 amide bonds. The SMILES string of the molecule is CN1CCN(C2CCC3OC(=O)CC32)CC1. The second kappa shape index (κ2) is 4.00. The van der Waals surface area contributed by atoms with Gasteiger partial charge in [0.15, 0.2) is 0 Å². The van der Waals surface area contributed by atoms with Crippen LogP contribution in [0.1, 0.15) is 19.3 Å². The summed E-state index contributed by atoms with van der Waals surface area (Å²) in [5.74, 6) is 0.504. The first-order chi connectivity index (χ1) is 7.74. The van der Waals surface area contributed by atoms with Gasteiger partial charge < -0.3 is 9.64 Å². The lowest BCUT2D eigenvalue weighted by Crippen LogP contribution is -2.50. The summed E-state index contributed by atoms with van der Waals surface area (Å²) in [7, 11) is 2.18. The fourth-order valence-electron chi connectivity index (χ4n) is 3.44. The minimum absolute atomic E-state index is 0.0221. The number of esters is 1. The number of rotatable bonds is 1. The van der Waals surface area contributed by atoms with Crippen LogP contribution in [-0.2, 0) is 9.53 Å². The molecule has 1 aliphatic carbocycles.